The predicted molar refractivity (Wildman–Crippen MR) is 211 cm³/mol. The molecular formula is C42H42F2N8O4S. The predicted octanol–water partition coefficient (Wildman–Crippen LogP) is 7.20. The molecule has 3 aliphatic heterocycles. The van der Waals surface area contributed by atoms with Gasteiger partial charge in [-0.2, -0.15) is 14.5 Å². The molecule has 7 heterocycles. The number of benzene rings is 3. The van der Waals surface area contributed by atoms with E-state index in [0.29, 0.717) is 71.2 Å². The van der Waals surface area contributed by atoms with Crippen molar-refractivity contribution >= 4 is 31.8 Å². The number of imidazole rings is 1. The van der Waals surface area contributed by atoms with Gasteiger partial charge >= 0.3 is 5.69 Å². The van der Waals surface area contributed by atoms with Gasteiger partial charge in [-0.15, -0.1) is 0 Å². The highest BCUT2D eigenvalue weighted by molar-refractivity contribution is 7.89. The first-order valence-corrected chi connectivity index (χ1v) is 20.7. The molecule has 7 aromatic rings. The first-order chi connectivity index (χ1) is 27.2. The lowest BCUT2D eigenvalue weighted by atomic mass is 9.83. The van der Waals surface area contributed by atoms with Gasteiger partial charge in [-0.3, -0.25) is 13.8 Å². The zero-order valence-electron chi connectivity index (χ0n) is 32.3. The first-order valence-electron chi connectivity index (χ1n) is 19.3. The number of aryl methyl sites for hydroxylation is 3. The summed E-state index contributed by atoms with van der Waals surface area (Å²) in [6.45, 7) is 8.21. The van der Waals surface area contributed by atoms with Gasteiger partial charge in [0, 0.05) is 55.0 Å². The molecule has 2 fully saturated rings. The Hall–Kier alpha value is -5.38. The van der Waals surface area contributed by atoms with E-state index < -0.39 is 27.6 Å². The van der Waals surface area contributed by atoms with Gasteiger partial charge in [0.15, 0.2) is 5.82 Å². The van der Waals surface area contributed by atoms with Crippen LogP contribution in [0.4, 0.5) is 8.78 Å². The number of H-pyrrole nitrogens is 1. The van der Waals surface area contributed by atoms with Crippen LogP contribution < -0.4 is 5.69 Å². The maximum absolute atomic E-state index is 16.0. The van der Waals surface area contributed by atoms with E-state index in [9.17, 15) is 17.6 Å². The summed E-state index contributed by atoms with van der Waals surface area (Å²) < 4.78 is 73.9. The smallest absolute Gasteiger partial charge is 0.338 e. The molecule has 4 aromatic heterocycles. The number of rotatable bonds is 6. The van der Waals surface area contributed by atoms with E-state index in [1.165, 1.54) is 27.6 Å². The summed E-state index contributed by atoms with van der Waals surface area (Å²) in [5.74, 6) is -0.312. The first kappa shape index (κ1) is 36.0. The summed E-state index contributed by atoms with van der Waals surface area (Å²) in [5.41, 5.74) is 4.27. The third-order valence-electron chi connectivity index (χ3n) is 12.3. The second-order valence-corrected chi connectivity index (χ2v) is 18.3. The molecule has 3 aromatic carbocycles. The number of halogens is 2. The number of fused-ring (bicyclic) bond motifs is 6. The Labute approximate surface area is 327 Å². The molecule has 0 unspecified atom stereocenters. The molecule has 0 spiro atoms. The normalized spacial score (nSPS) is 20.9. The van der Waals surface area contributed by atoms with Crippen LogP contribution >= 0.6 is 0 Å². The Morgan fingerprint density at radius 3 is 2.49 bits per heavy atom. The monoisotopic (exact) mass is 792 g/mol. The molecule has 57 heavy (non-hydrogen) atoms. The van der Waals surface area contributed by atoms with Gasteiger partial charge in [0.05, 0.1) is 45.8 Å². The lowest BCUT2D eigenvalue weighted by molar-refractivity contribution is -0.0592. The fourth-order valence-corrected chi connectivity index (χ4v) is 11.4. The quantitative estimate of drug-likeness (QED) is 0.190. The molecule has 3 aliphatic rings. The van der Waals surface area contributed by atoms with Gasteiger partial charge in [-0.1, -0.05) is 6.07 Å². The molecule has 3 atom stereocenters. The highest BCUT2D eigenvalue weighted by Crippen LogP contribution is 2.49. The maximum Gasteiger partial charge on any atom is 0.338 e. The van der Waals surface area contributed by atoms with Crippen molar-refractivity contribution in [2.24, 2.45) is 7.05 Å². The van der Waals surface area contributed by atoms with Crippen molar-refractivity contribution in [1.82, 2.24) is 38.0 Å². The average molecular weight is 793 g/mol. The van der Waals surface area contributed by atoms with Crippen LogP contribution in [0.2, 0.25) is 0 Å². The molecule has 0 radical (unpaired) electrons. The minimum atomic E-state index is -4.08. The number of nitrogens with zero attached hydrogens (tertiary/aromatic N) is 7. The highest BCUT2D eigenvalue weighted by Gasteiger charge is 2.50. The van der Waals surface area contributed by atoms with Gasteiger partial charge in [-0.25, -0.2) is 26.7 Å². The number of ether oxygens (including phenoxy) is 1. The Balaban J connectivity index is 1.09. The highest BCUT2D eigenvalue weighted by atomic mass is 32.2. The van der Waals surface area contributed by atoms with Crippen molar-refractivity contribution in [2.75, 3.05) is 6.61 Å². The van der Waals surface area contributed by atoms with Crippen molar-refractivity contribution in [3.8, 4) is 17.2 Å². The Morgan fingerprint density at radius 2 is 1.72 bits per heavy atom. The minimum absolute atomic E-state index is 0.0419. The summed E-state index contributed by atoms with van der Waals surface area (Å²) in [6, 6.07) is 13.4. The lowest BCUT2D eigenvalue weighted by Crippen LogP contribution is -2.42. The summed E-state index contributed by atoms with van der Waals surface area (Å²) in [5, 5.41) is 10.4. The molecule has 0 amide bonds. The van der Waals surface area contributed by atoms with E-state index in [1.807, 2.05) is 6.07 Å². The largest absolute Gasteiger partial charge is 0.376 e. The topological polar surface area (TPSA) is 125 Å². The molecule has 0 saturated carbocycles. The zero-order valence-corrected chi connectivity index (χ0v) is 33.1. The van der Waals surface area contributed by atoms with Crippen LogP contribution in [0.15, 0.2) is 76.9 Å². The summed E-state index contributed by atoms with van der Waals surface area (Å²) >= 11 is 0. The summed E-state index contributed by atoms with van der Waals surface area (Å²) in [6.07, 6.45) is 7.65. The Morgan fingerprint density at radius 1 is 0.947 bits per heavy atom. The van der Waals surface area contributed by atoms with Gasteiger partial charge in [0.2, 0.25) is 0 Å². The van der Waals surface area contributed by atoms with Crippen LogP contribution in [-0.2, 0) is 28.2 Å². The van der Waals surface area contributed by atoms with Crippen LogP contribution in [0.25, 0.3) is 39.0 Å². The Bertz CT molecular complexity index is 2950. The van der Waals surface area contributed by atoms with Crippen molar-refractivity contribution in [2.45, 2.75) is 88.4 Å². The van der Waals surface area contributed by atoms with Gasteiger partial charge in [0.1, 0.15) is 16.7 Å². The standard InChI is InChI=1S/C42H42F2N8O4S/c1-23-16-29(17-24(2)38(23)43)51-40(50-14-13-49(41(50)53)35-11-10-33-30(39(35)44)22-45-48(33)5)37-32(47-51)20-28-7-9-34(37)52(28)57(54,55)36-19-27-18-25(6-8-31(27)46-36)26-12-15-56-42(3,4)21-26/h6,8,10-11,13-14,16-19,22,26,28,34,46H,7,9,12,15,20-21H2,1-5H3/t26-,28+,34-/m0/s1. The second kappa shape index (κ2) is 12.6. The molecule has 2 bridgehead atoms. The molecule has 1 N–H and O–H groups in total. The fraction of sp³-hybridized carbons (Fsp3) is 0.357. The zero-order chi connectivity index (χ0) is 39.7. The number of aromatic nitrogens is 7. The average Bonchev–Trinajstić information content (AvgIpc) is 4.00. The molecule has 10 rings (SSSR count). The fourth-order valence-electron chi connectivity index (χ4n) is 9.56. The SMILES string of the molecule is Cc1cc(-n2nc3c(c2-n2ccn(-c4ccc5c(cnn5C)c4F)c2=O)[C@@H]2CC[C@H](C3)N2S(=O)(=O)c2cc3cc([C@H]4CCOC(C)(C)C4)ccc3[nH]2)cc(C)c1F. The third kappa shape index (κ3) is 5.49. The van der Waals surface area contributed by atoms with Crippen molar-refractivity contribution in [3.63, 3.8) is 0 Å². The lowest BCUT2D eigenvalue weighted by Gasteiger charge is -2.35. The summed E-state index contributed by atoms with van der Waals surface area (Å²) in [4.78, 5) is 17.7. The third-order valence-corrected chi connectivity index (χ3v) is 14.2. The van der Waals surface area contributed by atoms with E-state index in [-0.39, 0.29) is 33.6 Å². The van der Waals surface area contributed by atoms with Crippen LogP contribution in [0.1, 0.15) is 79.4 Å². The second-order valence-electron chi connectivity index (χ2n) is 16.5. The van der Waals surface area contributed by atoms with Gasteiger partial charge in [0.25, 0.3) is 10.0 Å². The number of sulfonamides is 1. The summed E-state index contributed by atoms with van der Waals surface area (Å²) in [7, 11) is -2.37. The number of hydrogen-bond acceptors (Lipinski definition) is 6. The molecular weight excluding hydrogens is 751 g/mol. The Kier molecular flexibility index (Phi) is 7.93. The number of hydrogen-bond donors (Lipinski definition) is 1. The molecule has 15 heteroatoms. The van der Waals surface area contributed by atoms with Gasteiger partial charge < -0.3 is 9.72 Å². The van der Waals surface area contributed by atoms with E-state index in [2.05, 4.69) is 36.1 Å². The van der Waals surface area contributed by atoms with Crippen LogP contribution in [0.5, 0.6) is 0 Å². The minimum Gasteiger partial charge on any atom is -0.376 e. The van der Waals surface area contributed by atoms with Crippen LogP contribution in [-0.4, -0.2) is 64.7 Å². The van der Waals surface area contributed by atoms with Crippen molar-refractivity contribution in [1.29, 1.82) is 0 Å². The molecule has 12 nitrogen and oxygen atoms in total. The van der Waals surface area contributed by atoms with E-state index in [0.717, 1.165) is 29.3 Å². The van der Waals surface area contributed by atoms with Crippen LogP contribution in [0.3, 0.4) is 0 Å². The van der Waals surface area contributed by atoms with E-state index >= 15 is 4.39 Å². The molecule has 294 valence electrons. The number of aromatic amines is 1. The van der Waals surface area contributed by atoms with Crippen LogP contribution in [0, 0.1) is 25.5 Å². The van der Waals surface area contributed by atoms with Crippen molar-refractivity contribution in [3.05, 3.63) is 117 Å². The number of nitrogens with one attached hydrogen (secondary N) is 1. The molecule has 0 aliphatic carbocycles. The van der Waals surface area contributed by atoms with Gasteiger partial charge in [-0.05, 0) is 118 Å². The van der Waals surface area contributed by atoms with E-state index in [4.69, 9.17) is 9.84 Å². The van der Waals surface area contributed by atoms with Crippen molar-refractivity contribution < 1.29 is 21.9 Å². The van der Waals surface area contributed by atoms with E-state index in [1.54, 1.807) is 65.0 Å². The maximum atomic E-state index is 16.0. The molecule has 2 saturated heterocycles.